The van der Waals surface area contributed by atoms with Crippen molar-refractivity contribution in [2.45, 2.75) is 11.7 Å². The molecule has 0 unspecified atom stereocenters. The van der Waals surface area contributed by atoms with Gasteiger partial charge in [0.25, 0.3) is 0 Å². The molecule has 1 aliphatic heterocycles. The average molecular weight is 421 g/mol. The summed E-state index contributed by atoms with van der Waals surface area (Å²) < 4.78 is 0. The summed E-state index contributed by atoms with van der Waals surface area (Å²) in [5, 5.41) is 13.6. The van der Waals surface area contributed by atoms with E-state index in [1.807, 2.05) is 30.3 Å². The van der Waals surface area contributed by atoms with E-state index in [0.717, 1.165) is 17.3 Å². The van der Waals surface area contributed by atoms with Crippen LogP contribution < -0.4 is 10.6 Å². The summed E-state index contributed by atoms with van der Waals surface area (Å²) in [6, 6.07) is 14.4. The van der Waals surface area contributed by atoms with Crippen LogP contribution in [0.2, 0.25) is 10.0 Å². The predicted molar refractivity (Wildman–Crippen MR) is 111 cm³/mol. The van der Waals surface area contributed by atoms with Gasteiger partial charge in [0.05, 0.1) is 21.9 Å². The SMILES string of the molecule is O=C(C[C@H]1S/C(=N/N=C\c2ccccc2)NC1=O)Nc1cccc(Cl)c1Cl. The summed E-state index contributed by atoms with van der Waals surface area (Å²) in [5.74, 6) is -0.637. The van der Waals surface area contributed by atoms with Crippen LogP contribution in [0.4, 0.5) is 5.69 Å². The lowest BCUT2D eigenvalue weighted by molar-refractivity contribution is -0.122. The minimum Gasteiger partial charge on any atom is -0.325 e. The number of carbonyl (C=O) groups is 2. The second-order valence-electron chi connectivity index (χ2n) is 5.51. The van der Waals surface area contributed by atoms with E-state index in [2.05, 4.69) is 20.8 Å². The zero-order valence-electron chi connectivity index (χ0n) is 13.9. The van der Waals surface area contributed by atoms with Gasteiger partial charge in [0.2, 0.25) is 11.8 Å². The molecule has 2 aromatic rings. The van der Waals surface area contributed by atoms with Crippen molar-refractivity contribution >= 4 is 63.8 Å². The maximum atomic E-state index is 12.2. The first-order chi connectivity index (χ1) is 13.0. The highest BCUT2D eigenvalue weighted by atomic mass is 35.5. The Labute approximate surface area is 170 Å². The third kappa shape index (κ3) is 5.32. The quantitative estimate of drug-likeness (QED) is 0.567. The van der Waals surface area contributed by atoms with E-state index < -0.39 is 5.25 Å². The van der Waals surface area contributed by atoms with Crippen LogP contribution in [0.25, 0.3) is 0 Å². The van der Waals surface area contributed by atoms with Crippen LogP contribution in [-0.2, 0) is 9.59 Å². The van der Waals surface area contributed by atoms with Crippen LogP contribution in [0.5, 0.6) is 0 Å². The molecule has 9 heteroatoms. The molecule has 1 fully saturated rings. The molecule has 1 heterocycles. The fourth-order valence-corrected chi connectivity index (χ4v) is 3.52. The Kier molecular flexibility index (Phi) is 6.49. The molecule has 0 aromatic heterocycles. The number of nitrogens with one attached hydrogen (secondary N) is 2. The Balaban J connectivity index is 1.57. The molecule has 0 aliphatic carbocycles. The average Bonchev–Trinajstić information content (AvgIpc) is 2.99. The predicted octanol–water partition coefficient (Wildman–Crippen LogP) is 3.94. The van der Waals surface area contributed by atoms with E-state index in [9.17, 15) is 9.59 Å². The van der Waals surface area contributed by atoms with Crippen molar-refractivity contribution in [3.05, 3.63) is 64.1 Å². The molecule has 2 amide bonds. The van der Waals surface area contributed by atoms with Crippen molar-refractivity contribution in [2.75, 3.05) is 5.32 Å². The van der Waals surface area contributed by atoms with Gasteiger partial charge in [0, 0.05) is 6.42 Å². The van der Waals surface area contributed by atoms with Crippen molar-refractivity contribution in [2.24, 2.45) is 10.2 Å². The normalized spacial score (nSPS) is 18.1. The summed E-state index contributed by atoms with van der Waals surface area (Å²) in [6.45, 7) is 0. The minimum absolute atomic E-state index is 0.0270. The van der Waals surface area contributed by atoms with Gasteiger partial charge in [0.1, 0.15) is 5.25 Å². The molecule has 0 spiro atoms. The molecule has 138 valence electrons. The molecule has 1 aliphatic rings. The van der Waals surface area contributed by atoms with E-state index in [4.69, 9.17) is 23.2 Å². The monoisotopic (exact) mass is 420 g/mol. The number of thioether (sulfide) groups is 1. The fraction of sp³-hybridized carbons (Fsp3) is 0.111. The Morgan fingerprint density at radius 1 is 1.19 bits per heavy atom. The summed E-state index contributed by atoms with van der Waals surface area (Å²) in [7, 11) is 0. The number of carbonyl (C=O) groups excluding carboxylic acids is 2. The first-order valence-corrected chi connectivity index (χ1v) is 9.54. The molecule has 1 saturated heterocycles. The summed E-state index contributed by atoms with van der Waals surface area (Å²) >= 11 is 13.1. The van der Waals surface area contributed by atoms with Gasteiger partial charge >= 0.3 is 0 Å². The van der Waals surface area contributed by atoms with E-state index in [1.165, 1.54) is 0 Å². The Morgan fingerprint density at radius 3 is 2.74 bits per heavy atom. The molecule has 6 nitrogen and oxygen atoms in total. The van der Waals surface area contributed by atoms with Gasteiger partial charge in [-0.1, -0.05) is 71.4 Å². The molecular formula is C18H14Cl2N4O2S. The van der Waals surface area contributed by atoms with E-state index >= 15 is 0 Å². The van der Waals surface area contributed by atoms with Gasteiger partial charge in [0.15, 0.2) is 5.17 Å². The standard InChI is InChI=1S/C18H14Cl2N4O2S/c19-12-7-4-8-13(16(12)20)22-15(25)9-14-17(26)23-18(27-14)24-21-10-11-5-2-1-3-6-11/h1-8,10,14H,9H2,(H,22,25)(H,23,24,26)/b21-10-/t14-/m1/s1. The number of hydrogen-bond donors (Lipinski definition) is 2. The van der Waals surface area contributed by atoms with E-state index in [-0.39, 0.29) is 23.3 Å². The zero-order chi connectivity index (χ0) is 19.2. The number of halogens is 2. The third-order valence-electron chi connectivity index (χ3n) is 3.53. The maximum absolute atomic E-state index is 12.2. The topological polar surface area (TPSA) is 82.9 Å². The van der Waals surface area contributed by atoms with Gasteiger partial charge in [-0.2, -0.15) is 5.10 Å². The van der Waals surface area contributed by atoms with Gasteiger partial charge < -0.3 is 10.6 Å². The van der Waals surface area contributed by atoms with E-state index in [0.29, 0.717) is 15.9 Å². The van der Waals surface area contributed by atoms with Crippen molar-refractivity contribution < 1.29 is 9.59 Å². The number of hydrogen-bond acceptors (Lipinski definition) is 5. The Hall–Kier alpha value is -2.35. The Morgan fingerprint density at radius 2 is 1.96 bits per heavy atom. The highest BCUT2D eigenvalue weighted by Gasteiger charge is 2.32. The number of benzene rings is 2. The van der Waals surface area contributed by atoms with Crippen molar-refractivity contribution in [1.82, 2.24) is 5.32 Å². The third-order valence-corrected chi connectivity index (χ3v) is 5.42. The van der Waals surface area contributed by atoms with Crippen LogP contribution in [0.15, 0.2) is 58.7 Å². The smallest absolute Gasteiger partial charge is 0.240 e. The van der Waals surface area contributed by atoms with Crippen LogP contribution in [-0.4, -0.2) is 28.4 Å². The van der Waals surface area contributed by atoms with Gasteiger partial charge in [-0.25, -0.2) is 0 Å². The van der Waals surface area contributed by atoms with Crippen molar-refractivity contribution in [1.29, 1.82) is 0 Å². The van der Waals surface area contributed by atoms with Crippen LogP contribution >= 0.6 is 35.0 Å². The summed E-state index contributed by atoms with van der Waals surface area (Å²) in [4.78, 5) is 24.2. The lowest BCUT2D eigenvalue weighted by Gasteiger charge is -2.09. The summed E-state index contributed by atoms with van der Waals surface area (Å²) in [6.07, 6.45) is 1.56. The molecule has 0 radical (unpaired) electrons. The fourth-order valence-electron chi connectivity index (χ4n) is 2.24. The number of rotatable bonds is 5. The number of nitrogens with zero attached hydrogens (tertiary/aromatic N) is 2. The summed E-state index contributed by atoms with van der Waals surface area (Å²) in [5.41, 5.74) is 1.30. The number of amides is 2. The van der Waals surface area contributed by atoms with Gasteiger partial charge in [-0.05, 0) is 17.7 Å². The van der Waals surface area contributed by atoms with Crippen molar-refractivity contribution in [3.8, 4) is 0 Å². The van der Waals surface area contributed by atoms with Crippen LogP contribution in [0.3, 0.4) is 0 Å². The van der Waals surface area contributed by atoms with Crippen LogP contribution in [0.1, 0.15) is 12.0 Å². The highest BCUT2D eigenvalue weighted by molar-refractivity contribution is 8.15. The second kappa shape index (κ2) is 9.03. The second-order valence-corrected chi connectivity index (χ2v) is 7.49. The first kappa shape index (κ1) is 19.4. The molecule has 3 rings (SSSR count). The molecule has 1 atom stereocenters. The van der Waals surface area contributed by atoms with Crippen molar-refractivity contribution in [3.63, 3.8) is 0 Å². The minimum atomic E-state index is -0.589. The molecule has 2 aromatic carbocycles. The van der Waals surface area contributed by atoms with E-state index in [1.54, 1.807) is 24.4 Å². The lowest BCUT2D eigenvalue weighted by Crippen LogP contribution is -2.28. The zero-order valence-corrected chi connectivity index (χ0v) is 16.2. The highest BCUT2D eigenvalue weighted by Crippen LogP contribution is 2.30. The first-order valence-electron chi connectivity index (χ1n) is 7.90. The molecule has 0 bridgehead atoms. The van der Waals surface area contributed by atoms with Gasteiger partial charge in [-0.15, -0.1) is 5.10 Å². The largest absolute Gasteiger partial charge is 0.325 e. The Bertz CT molecular complexity index is 919. The molecular weight excluding hydrogens is 407 g/mol. The van der Waals surface area contributed by atoms with Gasteiger partial charge in [-0.3, -0.25) is 9.59 Å². The molecule has 0 saturated carbocycles. The number of anilines is 1. The molecule has 2 N–H and O–H groups in total. The maximum Gasteiger partial charge on any atom is 0.240 e. The lowest BCUT2D eigenvalue weighted by atomic mass is 10.2. The van der Waals surface area contributed by atoms with Crippen LogP contribution in [0, 0.1) is 0 Å². The molecule has 27 heavy (non-hydrogen) atoms. The number of amidine groups is 1.